The molecule has 2 aromatic rings. The molecular formula is C18H14N2O3S2. The predicted octanol–water partition coefficient (Wildman–Crippen LogP) is 4.04. The molecule has 0 spiro atoms. The molecule has 0 aliphatic carbocycles. The summed E-state index contributed by atoms with van der Waals surface area (Å²) in [4.78, 5) is 25.0. The molecule has 0 bridgehead atoms. The maximum atomic E-state index is 12.6. The smallest absolute Gasteiger partial charge is 0.270 e. The van der Waals surface area contributed by atoms with E-state index in [0.717, 1.165) is 12.0 Å². The van der Waals surface area contributed by atoms with E-state index in [0.29, 0.717) is 21.3 Å². The summed E-state index contributed by atoms with van der Waals surface area (Å²) in [7, 11) is 0. The molecular weight excluding hydrogens is 356 g/mol. The molecule has 1 heterocycles. The highest BCUT2D eigenvalue weighted by Crippen LogP contribution is 2.33. The molecule has 0 radical (unpaired) electrons. The fraction of sp³-hybridized carbons (Fsp3) is 0.111. The third kappa shape index (κ3) is 4.12. The van der Waals surface area contributed by atoms with Crippen molar-refractivity contribution in [2.45, 2.75) is 6.42 Å². The summed E-state index contributed by atoms with van der Waals surface area (Å²) >= 11 is 6.54. The van der Waals surface area contributed by atoms with E-state index < -0.39 is 4.92 Å². The average molecular weight is 370 g/mol. The van der Waals surface area contributed by atoms with Crippen LogP contribution in [0.25, 0.3) is 6.08 Å². The molecule has 0 N–H and O–H groups in total. The van der Waals surface area contributed by atoms with Crippen LogP contribution in [0.2, 0.25) is 0 Å². The van der Waals surface area contributed by atoms with Gasteiger partial charge in [-0.05, 0) is 23.6 Å². The minimum atomic E-state index is -0.456. The van der Waals surface area contributed by atoms with Crippen LogP contribution in [0.1, 0.15) is 11.1 Å². The number of carbonyl (C=O) groups is 1. The monoisotopic (exact) mass is 370 g/mol. The van der Waals surface area contributed by atoms with Crippen LogP contribution in [0.4, 0.5) is 5.69 Å². The van der Waals surface area contributed by atoms with Crippen LogP contribution in [-0.2, 0) is 11.2 Å². The summed E-state index contributed by atoms with van der Waals surface area (Å²) in [6.07, 6.45) is 2.37. The zero-order valence-electron chi connectivity index (χ0n) is 13.1. The van der Waals surface area contributed by atoms with E-state index in [1.807, 2.05) is 30.3 Å². The van der Waals surface area contributed by atoms with E-state index in [-0.39, 0.29) is 11.6 Å². The molecule has 3 rings (SSSR count). The van der Waals surface area contributed by atoms with Gasteiger partial charge in [0.25, 0.3) is 11.6 Å². The minimum absolute atomic E-state index is 0.00620. The Kier molecular flexibility index (Phi) is 5.25. The topological polar surface area (TPSA) is 63.4 Å². The van der Waals surface area contributed by atoms with Crippen molar-refractivity contribution in [3.05, 3.63) is 80.7 Å². The second kappa shape index (κ2) is 7.58. The zero-order valence-corrected chi connectivity index (χ0v) is 14.8. The van der Waals surface area contributed by atoms with Crippen molar-refractivity contribution >= 4 is 46.0 Å². The molecule has 25 heavy (non-hydrogen) atoms. The molecule has 0 aromatic heterocycles. The SMILES string of the molecule is O=C1C(=Cc2cccc([N+](=O)[O-])c2)SC(=S)N1CCc1ccccc1. The number of carbonyl (C=O) groups excluding carboxylic acids is 1. The first-order valence-corrected chi connectivity index (χ1v) is 8.81. The minimum Gasteiger partial charge on any atom is -0.293 e. The van der Waals surface area contributed by atoms with E-state index in [9.17, 15) is 14.9 Å². The van der Waals surface area contributed by atoms with Gasteiger partial charge in [0.1, 0.15) is 4.32 Å². The van der Waals surface area contributed by atoms with Crippen LogP contribution < -0.4 is 0 Å². The number of rotatable bonds is 5. The van der Waals surface area contributed by atoms with Gasteiger partial charge in [0, 0.05) is 18.7 Å². The van der Waals surface area contributed by atoms with Gasteiger partial charge in [0.2, 0.25) is 0 Å². The fourth-order valence-corrected chi connectivity index (χ4v) is 3.77. The van der Waals surface area contributed by atoms with Crippen molar-refractivity contribution in [3.63, 3.8) is 0 Å². The molecule has 126 valence electrons. The summed E-state index contributed by atoms with van der Waals surface area (Å²) in [6.45, 7) is 0.515. The lowest BCUT2D eigenvalue weighted by atomic mass is 10.1. The second-order valence-corrected chi connectivity index (χ2v) is 7.10. The number of nitro benzene ring substituents is 1. The zero-order chi connectivity index (χ0) is 17.8. The predicted molar refractivity (Wildman–Crippen MR) is 103 cm³/mol. The first-order valence-electron chi connectivity index (χ1n) is 7.58. The molecule has 0 saturated carbocycles. The van der Waals surface area contributed by atoms with Crippen LogP contribution in [0, 0.1) is 10.1 Å². The molecule has 0 atom stereocenters. The Labute approximate surface area is 154 Å². The van der Waals surface area contributed by atoms with Gasteiger partial charge < -0.3 is 0 Å². The van der Waals surface area contributed by atoms with Gasteiger partial charge in [-0.25, -0.2) is 0 Å². The summed E-state index contributed by atoms with van der Waals surface area (Å²) in [5.41, 5.74) is 1.74. The van der Waals surface area contributed by atoms with Crippen molar-refractivity contribution in [2.24, 2.45) is 0 Å². The summed E-state index contributed by atoms with van der Waals surface area (Å²) < 4.78 is 0.512. The molecule has 7 heteroatoms. The summed E-state index contributed by atoms with van der Waals surface area (Å²) in [5, 5.41) is 10.9. The van der Waals surface area contributed by atoms with Crippen molar-refractivity contribution in [2.75, 3.05) is 6.54 Å². The number of thioether (sulfide) groups is 1. The summed E-state index contributed by atoms with van der Waals surface area (Å²) in [6, 6.07) is 16.1. The van der Waals surface area contributed by atoms with Gasteiger partial charge in [-0.15, -0.1) is 0 Å². The third-order valence-corrected chi connectivity index (χ3v) is 5.10. The van der Waals surface area contributed by atoms with E-state index in [2.05, 4.69) is 0 Å². The Hall–Kier alpha value is -2.51. The van der Waals surface area contributed by atoms with Gasteiger partial charge in [-0.1, -0.05) is 66.4 Å². The second-order valence-electron chi connectivity index (χ2n) is 5.42. The molecule has 2 aromatic carbocycles. The van der Waals surface area contributed by atoms with Crippen molar-refractivity contribution in [1.29, 1.82) is 0 Å². The lowest BCUT2D eigenvalue weighted by Gasteiger charge is -2.14. The molecule has 1 aliphatic heterocycles. The largest absolute Gasteiger partial charge is 0.293 e. The lowest BCUT2D eigenvalue weighted by molar-refractivity contribution is -0.384. The van der Waals surface area contributed by atoms with Crippen LogP contribution in [-0.4, -0.2) is 26.6 Å². The van der Waals surface area contributed by atoms with Gasteiger partial charge in [0.05, 0.1) is 9.83 Å². The summed E-state index contributed by atoms with van der Waals surface area (Å²) in [5.74, 6) is -0.155. The molecule has 0 unspecified atom stereocenters. The van der Waals surface area contributed by atoms with E-state index in [4.69, 9.17) is 12.2 Å². The fourth-order valence-electron chi connectivity index (χ4n) is 2.46. The Balaban J connectivity index is 1.74. The van der Waals surface area contributed by atoms with Gasteiger partial charge in [-0.3, -0.25) is 19.8 Å². The number of nitrogens with zero attached hydrogens (tertiary/aromatic N) is 2. The normalized spacial score (nSPS) is 15.8. The van der Waals surface area contributed by atoms with Crippen LogP contribution in [0.15, 0.2) is 59.5 Å². The highest BCUT2D eigenvalue weighted by atomic mass is 32.2. The first-order chi connectivity index (χ1) is 12.0. The first kappa shape index (κ1) is 17.3. The highest BCUT2D eigenvalue weighted by Gasteiger charge is 2.31. The highest BCUT2D eigenvalue weighted by molar-refractivity contribution is 8.26. The van der Waals surface area contributed by atoms with Crippen molar-refractivity contribution in [3.8, 4) is 0 Å². The number of benzene rings is 2. The van der Waals surface area contributed by atoms with Crippen molar-refractivity contribution < 1.29 is 9.72 Å². The van der Waals surface area contributed by atoms with E-state index >= 15 is 0 Å². The van der Waals surface area contributed by atoms with E-state index in [1.165, 1.54) is 23.9 Å². The van der Waals surface area contributed by atoms with Gasteiger partial charge in [-0.2, -0.15) is 0 Å². The number of nitro groups is 1. The van der Waals surface area contributed by atoms with Crippen molar-refractivity contribution in [1.82, 2.24) is 4.90 Å². The standard InChI is InChI=1S/C18H14N2O3S2/c21-17-16(12-14-7-4-8-15(11-14)20(22)23)25-18(24)19(17)10-9-13-5-2-1-3-6-13/h1-8,11-12H,9-10H2. The van der Waals surface area contributed by atoms with E-state index in [1.54, 1.807) is 23.1 Å². The number of amides is 1. The Morgan fingerprint density at radius 2 is 1.92 bits per heavy atom. The molecule has 5 nitrogen and oxygen atoms in total. The Bertz CT molecular complexity index is 866. The lowest BCUT2D eigenvalue weighted by Crippen LogP contribution is -2.30. The average Bonchev–Trinajstić information content (AvgIpc) is 2.87. The maximum absolute atomic E-state index is 12.6. The third-order valence-electron chi connectivity index (χ3n) is 3.72. The molecule has 1 saturated heterocycles. The van der Waals surface area contributed by atoms with Crippen LogP contribution in [0.5, 0.6) is 0 Å². The molecule has 1 aliphatic rings. The van der Waals surface area contributed by atoms with Crippen LogP contribution >= 0.6 is 24.0 Å². The number of non-ortho nitro benzene ring substituents is 1. The quantitative estimate of drug-likeness (QED) is 0.344. The number of hydrogen-bond acceptors (Lipinski definition) is 5. The maximum Gasteiger partial charge on any atom is 0.270 e. The Morgan fingerprint density at radius 1 is 1.16 bits per heavy atom. The Morgan fingerprint density at radius 3 is 2.64 bits per heavy atom. The van der Waals surface area contributed by atoms with Gasteiger partial charge >= 0.3 is 0 Å². The number of thiocarbonyl (C=S) groups is 1. The number of hydrogen-bond donors (Lipinski definition) is 0. The molecule has 1 fully saturated rings. The van der Waals surface area contributed by atoms with Crippen LogP contribution in [0.3, 0.4) is 0 Å². The molecule has 1 amide bonds. The van der Waals surface area contributed by atoms with Gasteiger partial charge in [0.15, 0.2) is 0 Å².